The highest BCUT2D eigenvalue weighted by atomic mass is 32.2. The van der Waals surface area contributed by atoms with E-state index < -0.39 is 10.0 Å². The van der Waals surface area contributed by atoms with Crippen LogP contribution in [-0.4, -0.2) is 44.8 Å². The predicted molar refractivity (Wildman–Crippen MR) is 109 cm³/mol. The Balaban J connectivity index is 2.10. The van der Waals surface area contributed by atoms with Crippen molar-refractivity contribution in [2.24, 2.45) is 11.8 Å². The molecule has 1 heterocycles. The third-order valence-corrected chi connectivity index (χ3v) is 7.56. The second kappa shape index (κ2) is 9.17. The third-order valence-electron chi connectivity index (χ3n) is 5.53. The van der Waals surface area contributed by atoms with Crippen molar-refractivity contribution >= 4 is 21.6 Å². The summed E-state index contributed by atoms with van der Waals surface area (Å²) in [6.45, 7) is 9.66. The van der Waals surface area contributed by atoms with Crippen LogP contribution in [0.4, 0.5) is 5.69 Å². The minimum absolute atomic E-state index is 0.0667. The molecule has 0 radical (unpaired) electrons. The van der Waals surface area contributed by atoms with Crippen LogP contribution in [0.5, 0.6) is 0 Å². The number of hydrogen-bond donors (Lipinski definition) is 2. The molecular weight excluding hydrogens is 362 g/mol. The van der Waals surface area contributed by atoms with Crippen molar-refractivity contribution in [3.8, 4) is 0 Å². The number of rotatable bonds is 7. The average molecular weight is 396 g/mol. The molecule has 0 aromatic heterocycles. The first-order valence-corrected chi connectivity index (χ1v) is 11.2. The number of amides is 1. The monoisotopic (exact) mass is 395 g/mol. The lowest BCUT2D eigenvalue weighted by atomic mass is 9.85. The molecule has 2 atom stereocenters. The van der Waals surface area contributed by atoms with Gasteiger partial charge in [-0.2, -0.15) is 4.31 Å². The zero-order valence-corrected chi connectivity index (χ0v) is 17.9. The third kappa shape index (κ3) is 5.53. The molecule has 1 amide bonds. The Morgan fingerprint density at radius 3 is 2.63 bits per heavy atom. The van der Waals surface area contributed by atoms with E-state index in [2.05, 4.69) is 17.6 Å². The Labute approximate surface area is 163 Å². The highest BCUT2D eigenvalue weighted by molar-refractivity contribution is 7.89. The second-order valence-electron chi connectivity index (χ2n) is 7.93. The maximum absolute atomic E-state index is 12.7. The van der Waals surface area contributed by atoms with E-state index in [0.717, 1.165) is 31.5 Å². The molecule has 1 saturated heterocycles. The number of hydrogen-bond acceptors (Lipinski definition) is 4. The lowest BCUT2D eigenvalue weighted by molar-refractivity contribution is -0.117. The van der Waals surface area contributed by atoms with Gasteiger partial charge in [0.05, 0.1) is 4.90 Å². The molecular formula is C20H33N3O3S. The maximum atomic E-state index is 12.7. The van der Waals surface area contributed by atoms with Crippen molar-refractivity contribution in [2.45, 2.75) is 57.9 Å². The highest BCUT2D eigenvalue weighted by Gasteiger charge is 2.25. The summed E-state index contributed by atoms with van der Waals surface area (Å²) in [6.07, 6.45) is 2.74. The molecule has 1 aromatic carbocycles. The Morgan fingerprint density at radius 2 is 2.04 bits per heavy atom. The fourth-order valence-corrected chi connectivity index (χ4v) is 4.76. The molecule has 1 aromatic rings. The van der Waals surface area contributed by atoms with Gasteiger partial charge in [0.25, 0.3) is 0 Å². The van der Waals surface area contributed by atoms with Gasteiger partial charge in [-0.3, -0.25) is 4.79 Å². The molecule has 6 nitrogen and oxygen atoms in total. The Morgan fingerprint density at radius 1 is 1.33 bits per heavy atom. The van der Waals surface area contributed by atoms with E-state index in [-0.39, 0.29) is 22.8 Å². The molecule has 1 fully saturated rings. The molecule has 7 heteroatoms. The second-order valence-corrected chi connectivity index (χ2v) is 9.93. The average Bonchev–Trinajstić information content (AvgIpc) is 2.63. The first kappa shape index (κ1) is 21.9. The van der Waals surface area contributed by atoms with Gasteiger partial charge in [-0.15, -0.1) is 0 Å². The molecule has 1 aliphatic heterocycles. The van der Waals surface area contributed by atoms with E-state index in [0.29, 0.717) is 18.0 Å². The molecule has 0 bridgehead atoms. The van der Waals surface area contributed by atoms with E-state index in [1.54, 1.807) is 25.2 Å². The first-order valence-electron chi connectivity index (χ1n) is 9.72. The normalized spacial score (nSPS) is 19.3. The van der Waals surface area contributed by atoms with E-state index in [4.69, 9.17) is 0 Å². The number of sulfonamides is 1. The number of piperidine rings is 1. The molecule has 0 aliphatic carbocycles. The van der Waals surface area contributed by atoms with Crippen LogP contribution in [0, 0.1) is 18.8 Å². The van der Waals surface area contributed by atoms with Crippen LogP contribution in [0.25, 0.3) is 0 Å². The first-order chi connectivity index (χ1) is 12.6. The number of aryl methyl sites for hydroxylation is 1. The van der Waals surface area contributed by atoms with E-state index in [1.165, 1.54) is 4.31 Å². The molecule has 27 heavy (non-hydrogen) atoms. The maximum Gasteiger partial charge on any atom is 0.243 e. The molecule has 2 unspecified atom stereocenters. The van der Waals surface area contributed by atoms with Crippen molar-refractivity contribution in [3.05, 3.63) is 23.8 Å². The van der Waals surface area contributed by atoms with Crippen molar-refractivity contribution in [3.63, 3.8) is 0 Å². The Kier molecular flexibility index (Phi) is 7.42. The molecule has 152 valence electrons. The van der Waals surface area contributed by atoms with E-state index in [1.807, 2.05) is 20.8 Å². The molecule has 2 N–H and O–H groups in total. The number of nitrogens with one attached hydrogen (secondary N) is 2. The number of nitrogens with zero attached hydrogens (tertiary/aromatic N) is 1. The van der Waals surface area contributed by atoms with Gasteiger partial charge in [0.15, 0.2) is 0 Å². The van der Waals surface area contributed by atoms with Crippen molar-refractivity contribution in [1.29, 1.82) is 0 Å². The standard InChI is InChI=1S/C20H33N3O3S/c1-14(2)23(5)27(25,26)18-9-8-15(3)19(12-18)22-20(24)11-16(4)17-7-6-10-21-13-17/h8-9,12,14,16-17,21H,6-7,10-11,13H2,1-5H3,(H,22,24). The minimum atomic E-state index is -3.58. The minimum Gasteiger partial charge on any atom is -0.326 e. The van der Waals surface area contributed by atoms with E-state index >= 15 is 0 Å². The number of anilines is 1. The van der Waals surface area contributed by atoms with E-state index in [9.17, 15) is 13.2 Å². The van der Waals surface area contributed by atoms with Gasteiger partial charge in [-0.25, -0.2) is 8.42 Å². The Bertz CT molecular complexity index is 756. The SMILES string of the molecule is Cc1ccc(S(=O)(=O)N(C)C(C)C)cc1NC(=O)CC(C)C1CCCNC1. The van der Waals surface area contributed by atoms with Gasteiger partial charge in [0, 0.05) is 25.2 Å². The summed E-state index contributed by atoms with van der Waals surface area (Å²) >= 11 is 0. The number of carbonyl (C=O) groups excluding carboxylic acids is 1. The summed E-state index contributed by atoms with van der Waals surface area (Å²) in [6, 6.07) is 4.76. The van der Waals surface area contributed by atoms with Gasteiger partial charge in [-0.1, -0.05) is 13.0 Å². The van der Waals surface area contributed by atoms with Crippen LogP contribution < -0.4 is 10.6 Å². The summed E-state index contributed by atoms with van der Waals surface area (Å²) in [5.41, 5.74) is 1.41. The summed E-state index contributed by atoms with van der Waals surface area (Å²) in [4.78, 5) is 12.7. The van der Waals surface area contributed by atoms with Gasteiger partial charge < -0.3 is 10.6 Å². The number of benzene rings is 1. The summed E-state index contributed by atoms with van der Waals surface area (Å²) < 4.78 is 26.8. The largest absolute Gasteiger partial charge is 0.326 e. The fraction of sp³-hybridized carbons (Fsp3) is 0.650. The van der Waals surface area contributed by atoms with Gasteiger partial charge in [0.1, 0.15) is 0 Å². The lowest BCUT2D eigenvalue weighted by Gasteiger charge is -2.28. The summed E-state index contributed by atoms with van der Waals surface area (Å²) in [7, 11) is -2.01. The molecule has 0 spiro atoms. The lowest BCUT2D eigenvalue weighted by Crippen LogP contribution is -2.34. The van der Waals surface area contributed by atoms with Crippen molar-refractivity contribution in [2.75, 3.05) is 25.5 Å². The zero-order chi connectivity index (χ0) is 20.2. The van der Waals surface area contributed by atoms with Crippen LogP contribution in [-0.2, 0) is 14.8 Å². The molecule has 0 saturated carbocycles. The molecule has 1 aliphatic rings. The van der Waals surface area contributed by atoms with Crippen LogP contribution in [0.2, 0.25) is 0 Å². The van der Waals surface area contributed by atoms with Crippen LogP contribution >= 0.6 is 0 Å². The smallest absolute Gasteiger partial charge is 0.243 e. The summed E-state index contributed by atoms with van der Waals surface area (Å²) in [5.74, 6) is 0.733. The topological polar surface area (TPSA) is 78.5 Å². The van der Waals surface area contributed by atoms with Crippen LogP contribution in [0.15, 0.2) is 23.1 Å². The number of carbonyl (C=O) groups is 1. The zero-order valence-electron chi connectivity index (χ0n) is 17.1. The Hall–Kier alpha value is -1.44. The van der Waals surface area contributed by atoms with Crippen LogP contribution in [0.3, 0.4) is 0 Å². The van der Waals surface area contributed by atoms with Crippen molar-refractivity contribution in [1.82, 2.24) is 9.62 Å². The predicted octanol–water partition coefficient (Wildman–Crippen LogP) is 2.99. The van der Waals surface area contributed by atoms with Crippen molar-refractivity contribution < 1.29 is 13.2 Å². The van der Waals surface area contributed by atoms with Gasteiger partial charge in [0.2, 0.25) is 15.9 Å². The van der Waals surface area contributed by atoms with Crippen LogP contribution in [0.1, 0.15) is 45.6 Å². The van der Waals surface area contributed by atoms with Gasteiger partial charge in [-0.05, 0) is 76.2 Å². The quantitative estimate of drug-likeness (QED) is 0.744. The highest BCUT2D eigenvalue weighted by Crippen LogP contribution is 2.26. The fourth-order valence-electron chi connectivity index (χ4n) is 3.36. The molecule has 2 rings (SSSR count). The van der Waals surface area contributed by atoms with Gasteiger partial charge >= 0.3 is 0 Å². The summed E-state index contributed by atoms with van der Waals surface area (Å²) in [5, 5.41) is 6.31.